The molecule has 0 aliphatic carbocycles. The minimum Gasteiger partial charge on any atom is -0.337 e. The Morgan fingerprint density at radius 2 is 2.15 bits per heavy atom. The van der Waals surface area contributed by atoms with Crippen LogP contribution in [0, 0.1) is 0 Å². The molecule has 9 heteroatoms. The SMILES string of the molecule is C[C@H](c1nc(-c2ccccn2)no1)n1ccnc1-c1cc2n(n1)CCNC2. The van der Waals surface area contributed by atoms with Crippen LogP contribution in [0.25, 0.3) is 23.0 Å². The van der Waals surface area contributed by atoms with E-state index in [-0.39, 0.29) is 6.04 Å². The summed E-state index contributed by atoms with van der Waals surface area (Å²) in [6.07, 6.45) is 5.37. The molecule has 0 bridgehead atoms. The van der Waals surface area contributed by atoms with E-state index in [1.165, 1.54) is 0 Å². The van der Waals surface area contributed by atoms with Crippen molar-refractivity contribution >= 4 is 0 Å². The molecule has 0 fully saturated rings. The Morgan fingerprint density at radius 1 is 1.19 bits per heavy atom. The summed E-state index contributed by atoms with van der Waals surface area (Å²) in [6.45, 7) is 4.61. The van der Waals surface area contributed by atoms with Crippen molar-refractivity contribution in [2.45, 2.75) is 26.1 Å². The second-order valence-electron chi connectivity index (χ2n) is 6.43. The number of rotatable bonds is 4. The number of nitrogens with zero attached hydrogens (tertiary/aromatic N) is 7. The van der Waals surface area contributed by atoms with Crippen molar-refractivity contribution in [1.29, 1.82) is 0 Å². The van der Waals surface area contributed by atoms with Gasteiger partial charge in [0.1, 0.15) is 17.4 Å². The van der Waals surface area contributed by atoms with Gasteiger partial charge in [0.05, 0.1) is 12.2 Å². The van der Waals surface area contributed by atoms with Crippen molar-refractivity contribution in [3.8, 4) is 23.0 Å². The highest BCUT2D eigenvalue weighted by atomic mass is 16.5. The third-order valence-electron chi connectivity index (χ3n) is 4.68. The fraction of sp³-hybridized carbons (Fsp3) is 0.278. The van der Waals surface area contributed by atoms with Gasteiger partial charge in [-0.05, 0) is 25.1 Å². The quantitative estimate of drug-likeness (QED) is 0.592. The third kappa shape index (κ3) is 2.81. The van der Waals surface area contributed by atoms with E-state index in [9.17, 15) is 0 Å². The molecule has 0 unspecified atom stereocenters. The Kier molecular flexibility index (Phi) is 3.79. The molecule has 0 saturated heterocycles. The van der Waals surface area contributed by atoms with Gasteiger partial charge in [-0.15, -0.1) is 0 Å². The number of pyridine rings is 1. The average Bonchev–Trinajstić information content (AvgIpc) is 3.46. The van der Waals surface area contributed by atoms with E-state index in [2.05, 4.69) is 31.5 Å². The number of imidazole rings is 1. The van der Waals surface area contributed by atoms with Gasteiger partial charge in [0.2, 0.25) is 11.7 Å². The van der Waals surface area contributed by atoms with Gasteiger partial charge in [0.15, 0.2) is 5.82 Å². The van der Waals surface area contributed by atoms with Crippen molar-refractivity contribution in [2.75, 3.05) is 6.54 Å². The van der Waals surface area contributed by atoms with Crippen LogP contribution < -0.4 is 5.32 Å². The summed E-state index contributed by atoms with van der Waals surface area (Å²) in [4.78, 5) is 13.3. The van der Waals surface area contributed by atoms with Crippen LogP contribution in [0.4, 0.5) is 0 Å². The Hall–Kier alpha value is -3.33. The van der Waals surface area contributed by atoms with Crippen molar-refractivity contribution in [2.24, 2.45) is 0 Å². The zero-order valence-corrected chi connectivity index (χ0v) is 14.8. The summed E-state index contributed by atoms with van der Waals surface area (Å²) in [5.41, 5.74) is 2.68. The highest BCUT2D eigenvalue weighted by molar-refractivity contribution is 5.51. The lowest BCUT2D eigenvalue weighted by atomic mass is 10.2. The molecule has 136 valence electrons. The van der Waals surface area contributed by atoms with Crippen molar-refractivity contribution < 1.29 is 4.52 Å². The topological polar surface area (TPSA) is 99.5 Å². The molecular formula is C18H18N8O. The molecule has 0 saturated carbocycles. The number of fused-ring (bicyclic) bond motifs is 1. The largest absolute Gasteiger partial charge is 0.337 e. The van der Waals surface area contributed by atoms with E-state index < -0.39 is 0 Å². The molecule has 1 aliphatic heterocycles. The summed E-state index contributed by atoms with van der Waals surface area (Å²) in [7, 11) is 0. The Labute approximate surface area is 155 Å². The zero-order chi connectivity index (χ0) is 18.2. The van der Waals surface area contributed by atoms with Crippen LogP contribution in [0.5, 0.6) is 0 Å². The molecule has 5 heterocycles. The molecule has 4 aromatic heterocycles. The number of nitrogens with one attached hydrogen (secondary N) is 1. The maximum Gasteiger partial charge on any atom is 0.249 e. The van der Waals surface area contributed by atoms with Gasteiger partial charge in [-0.2, -0.15) is 10.1 Å². The summed E-state index contributed by atoms with van der Waals surface area (Å²) >= 11 is 0. The van der Waals surface area contributed by atoms with Gasteiger partial charge in [0, 0.05) is 31.7 Å². The minimum atomic E-state index is -0.177. The van der Waals surface area contributed by atoms with E-state index in [1.54, 1.807) is 12.4 Å². The normalized spacial score (nSPS) is 14.9. The number of hydrogen-bond acceptors (Lipinski definition) is 7. The Balaban J connectivity index is 1.47. The van der Waals surface area contributed by atoms with Crippen molar-refractivity contribution in [3.63, 3.8) is 0 Å². The van der Waals surface area contributed by atoms with Gasteiger partial charge in [0.25, 0.3) is 0 Å². The summed E-state index contributed by atoms with van der Waals surface area (Å²) < 4.78 is 9.52. The van der Waals surface area contributed by atoms with Crippen LogP contribution in [-0.2, 0) is 13.1 Å². The molecule has 5 rings (SSSR count). The van der Waals surface area contributed by atoms with Crippen LogP contribution in [-0.4, -0.2) is 41.0 Å². The molecule has 0 amide bonds. The monoisotopic (exact) mass is 362 g/mol. The molecule has 0 spiro atoms. The summed E-state index contributed by atoms with van der Waals surface area (Å²) in [5, 5.41) is 12.1. The fourth-order valence-electron chi connectivity index (χ4n) is 3.25. The smallest absolute Gasteiger partial charge is 0.249 e. The second-order valence-corrected chi connectivity index (χ2v) is 6.43. The Bertz CT molecular complexity index is 1040. The number of hydrogen-bond donors (Lipinski definition) is 1. The summed E-state index contributed by atoms with van der Waals surface area (Å²) in [5.74, 6) is 1.75. The molecule has 27 heavy (non-hydrogen) atoms. The lowest BCUT2D eigenvalue weighted by Gasteiger charge is -2.13. The van der Waals surface area contributed by atoms with Crippen LogP contribution in [0.15, 0.2) is 47.4 Å². The lowest BCUT2D eigenvalue weighted by Crippen LogP contribution is -2.28. The second kappa shape index (κ2) is 6.44. The van der Waals surface area contributed by atoms with Crippen LogP contribution in [0.2, 0.25) is 0 Å². The van der Waals surface area contributed by atoms with E-state index in [4.69, 9.17) is 9.62 Å². The molecular weight excluding hydrogens is 344 g/mol. The first-order valence-electron chi connectivity index (χ1n) is 8.85. The average molecular weight is 362 g/mol. The minimum absolute atomic E-state index is 0.177. The molecule has 1 aliphatic rings. The highest BCUT2D eigenvalue weighted by Crippen LogP contribution is 2.26. The molecule has 9 nitrogen and oxygen atoms in total. The predicted molar refractivity (Wildman–Crippen MR) is 96.5 cm³/mol. The van der Waals surface area contributed by atoms with E-state index in [0.29, 0.717) is 17.4 Å². The van der Waals surface area contributed by atoms with Gasteiger partial charge >= 0.3 is 0 Å². The molecule has 4 aromatic rings. The van der Waals surface area contributed by atoms with Crippen LogP contribution in [0.1, 0.15) is 24.6 Å². The standard InChI is InChI=1S/C18H18N8O/c1-12(18-22-16(24-27-18)14-4-2-3-5-20-14)25-8-7-21-17(25)15-10-13-11-19-6-9-26(13)23-15/h2-5,7-8,10,12,19H,6,9,11H2,1H3/t12-/m1/s1. The van der Waals surface area contributed by atoms with Crippen molar-refractivity contribution in [1.82, 2.24) is 39.8 Å². The van der Waals surface area contributed by atoms with Crippen LogP contribution >= 0.6 is 0 Å². The first-order valence-corrected chi connectivity index (χ1v) is 8.85. The van der Waals surface area contributed by atoms with E-state index in [0.717, 1.165) is 36.8 Å². The van der Waals surface area contributed by atoms with E-state index in [1.807, 2.05) is 40.6 Å². The molecule has 0 aromatic carbocycles. The first kappa shape index (κ1) is 15.9. The van der Waals surface area contributed by atoms with Crippen molar-refractivity contribution in [3.05, 3.63) is 54.4 Å². The molecule has 1 atom stereocenters. The van der Waals surface area contributed by atoms with Gasteiger partial charge in [-0.3, -0.25) is 9.67 Å². The first-order chi connectivity index (χ1) is 13.3. The highest BCUT2D eigenvalue weighted by Gasteiger charge is 2.22. The maximum atomic E-state index is 5.49. The summed E-state index contributed by atoms with van der Waals surface area (Å²) in [6, 6.07) is 7.50. The predicted octanol–water partition coefficient (Wildman–Crippen LogP) is 1.90. The van der Waals surface area contributed by atoms with Gasteiger partial charge < -0.3 is 14.4 Å². The molecule has 1 N–H and O–H groups in total. The number of aromatic nitrogens is 7. The molecule has 0 radical (unpaired) electrons. The maximum absolute atomic E-state index is 5.49. The van der Waals surface area contributed by atoms with Gasteiger partial charge in [-0.25, -0.2) is 4.98 Å². The van der Waals surface area contributed by atoms with Gasteiger partial charge in [-0.1, -0.05) is 11.2 Å². The zero-order valence-electron chi connectivity index (χ0n) is 14.8. The Morgan fingerprint density at radius 3 is 3.00 bits per heavy atom. The fourth-order valence-corrected chi connectivity index (χ4v) is 3.25. The van der Waals surface area contributed by atoms with Crippen LogP contribution in [0.3, 0.4) is 0 Å². The third-order valence-corrected chi connectivity index (χ3v) is 4.68. The van der Waals surface area contributed by atoms with E-state index >= 15 is 0 Å². The lowest BCUT2D eigenvalue weighted by molar-refractivity contribution is 0.346.